The smallest absolute Gasteiger partial charge is 0.222 e. The maximum absolute atomic E-state index is 12.1. The van der Waals surface area contributed by atoms with Crippen LogP contribution in [0.4, 0.5) is 0 Å². The standard InChI is InChI=1S/C32H51NO3/c1-4-5-20-33(3)30(35)13-11-9-7-6-8-10-12-24-22-29-28-16-14-23-21-25(34)15-17-26(23)27(28)18-19-32(29,2)31(24)36/h15,17,21,24,27-29,31,34,36H,4-14,16,18-20,22H2,1-3H3/t24-,27+,28+,29-,31-,32-/m0/s1. The number of carbonyl (C=O) groups excluding carboxylic acids is 1. The van der Waals surface area contributed by atoms with Gasteiger partial charge < -0.3 is 15.1 Å². The second-order valence-corrected chi connectivity index (χ2v) is 12.6. The highest BCUT2D eigenvalue weighted by Gasteiger charge is 2.57. The number of aromatic hydroxyl groups is 1. The zero-order valence-corrected chi connectivity index (χ0v) is 23.2. The molecule has 0 spiro atoms. The Morgan fingerprint density at radius 1 is 1.08 bits per heavy atom. The molecule has 4 heteroatoms. The van der Waals surface area contributed by atoms with Crippen molar-refractivity contribution in [1.82, 2.24) is 4.90 Å². The molecule has 36 heavy (non-hydrogen) atoms. The van der Waals surface area contributed by atoms with Gasteiger partial charge in [0.2, 0.25) is 5.91 Å². The molecule has 3 aliphatic rings. The van der Waals surface area contributed by atoms with Crippen LogP contribution in [0.15, 0.2) is 18.2 Å². The zero-order chi connectivity index (χ0) is 25.7. The maximum Gasteiger partial charge on any atom is 0.222 e. The van der Waals surface area contributed by atoms with E-state index < -0.39 is 0 Å². The van der Waals surface area contributed by atoms with E-state index in [1.54, 1.807) is 0 Å². The van der Waals surface area contributed by atoms with Crippen LogP contribution in [0.25, 0.3) is 0 Å². The first-order chi connectivity index (χ1) is 17.3. The number of fused-ring (bicyclic) bond motifs is 5. The van der Waals surface area contributed by atoms with Crippen LogP contribution in [0, 0.1) is 23.2 Å². The fourth-order valence-corrected chi connectivity index (χ4v) is 8.10. The van der Waals surface area contributed by atoms with Gasteiger partial charge >= 0.3 is 0 Å². The highest BCUT2D eigenvalue weighted by atomic mass is 16.3. The van der Waals surface area contributed by atoms with Crippen molar-refractivity contribution < 1.29 is 15.0 Å². The van der Waals surface area contributed by atoms with Crippen molar-refractivity contribution in [2.75, 3.05) is 13.6 Å². The molecule has 1 amide bonds. The van der Waals surface area contributed by atoms with Gasteiger partial charge in [-0.1, -0.05) is 58.4 Å². The minimum Gasteiger partial charge on any atom is -0.508 e. The van der Waals surface area contributed by atoms with Gasteiger partial charge in [-0.25, -0.2) is 0 Å². The first-order valence-electron chi connectivity index (χ1n) is 15.1. The van der Waals surface area contributed by atoms with Gasteiger partial charge in [-0.3, -0.25) is 4.79 Å². The minimum absolute atomic E-state index is 0.0804. The average Bonchev–Trinajstić information content (AvgIpc) is 3.13. The van der Waals surface area contributed by atoms with Crippen molar-refractivity contribution in [3.05, 3.63) is 29.3 Å². The van der Waals surface area contributed by atoms with Gasteiger partial charge in [-0.2, -0.15) is 0 Å². The number of phenols is 1. The Balaban J connectivity index is 1.17. The van der Waals surface area contributed by atoms with Gasteiger partial charge in [-0.05, 0) is 104 Å². The number of hydrogen-bond acceptors (Lipinski definition) is 3. The fourth-order valence-electron chi connectivity index (χ4n) is 8.10. The molecule has 2 saturated carbocycles. The largest absolute Gasteiger partial charge is 0.508 e. The third kappa shape index (κ3) is 5.95. The van der Waals surface area contributed by atoms with Crippen LogP contribution in [0.3, 0.4) is 0 Å². The number of unbranched alkanes of at least 4 members (excludes halogenated alkanes) is 6. The number of benzene rings is 1. The lowest BCUT2D eigenvalue weighted by Gasteiger charge is -2.50. The molecular weight excluding hydrogens is 446 g/mol. The highest BCUT2D eigenvalue weighted by molar-refractivity contribution is 5.75. The van der Waals surface area contributed by atoms with Crippen molar-refractivity contribution in [1.29, 1.82) is 0 Å². The van der Waals surface area contributed by atoms with E-state index in [1.165, 1.54) is 56.1 Å². The summed E-state index contributed by atoms with van der Waals surface area (Å²) in [5.41, 5.74) is 2.90. The summed E-state index contributed by atoms with van der Waals surface area (Å²) < 4.78 is 0. The van der Waals surface area contributed by atoms with Crippen molar-refractivity contribution in [3.63, 3.8) is 0 Å². The summed E-state index contributed by atoms with van der Waals surface area (Å²) in [4.78, 5) is 14.0. The number of amides is 1. The van der Waals surface area contributed by atoms with Gasteiger partial charge in [0, 0.05) is 20.0 Å². The summed E-state index contributed by atoms with van der Waals surface area (Å²) >= 11 is 0. The second kappa shape index (κ2) is 12.3. The molecule has 6 atom stereocenters. The van der Waals surface area contributed by atoms with Crippen LogP contribution in [-0.2, 0) is 11.2 Å². The van der Waals surface area contributed by atoms with E-state index in [2.05, 4.69) is 19.9 Å². The topological polar surface area (TPSA) is 60.8 Å². The molecule has 3 aliphatic carbocycles. The Bertz CT molecular complexity index is 869. The van der Waals surface area contributed by atoms with Crippen molar-refractivity contribution in [3.8, 4) is 5.75 Å². The Hall–Kier alpha value is -1.55. The van der Waals surface area contributed by atoms with Crippen molar-refractivity contribution in [2.24, 2.45) is 23.2 Å². The first-order valence-corrected chi connectivity index (χ1v) is 15.1. The molecule has 2 fully saturated rings. The van der Waals surface area contributed by atoms with Crippen molar-refractivity contribution in [2.45, 2.75) is 122 Å². The highest BCUT2D eigenvalue weighted by Crippen LogP contribution is 2.62. The SMILES string of the molecule is CCCCN(C)C(=O)CCCCCCCC[C@H]1C[C@H]2[C@@H]3CCc4cc(O)ccc4[C@H]3CC[C@]2(C)[C@H]1O. The third-order valence-corrected chi connectivity index (χ3v) is 10.3. The van der Waals surface area contributed by atoms with Gasteiger partial charge in [-0.15, -0.1) is 0 Å². The van der Waals surface area contributed by atoms with E-state index in [9.17, 15) is 15.0 Å². The van der Waals surface area contributed by atoms with E-state index >= 15 is 0 Å². The van der Waals surface area contributed by atoms with Gasteiger partial charge in [0.05, 0.1) is 6.10 Å². The number of rotatable bonds is 12. The molecular formula is C32H51NO3. The summed E-state index contributed by atoms with van der Waals surface area (Å²) in [6, 6.07) is 6.02. The van der Waals surface area contributed by atoms with E-state index in [-0.39, 0.29) is 11.5 Å². The lowest BCUT2D eigenvalue weighted by molar-refractivity contribution is -0.130. The number of aryl methyl sites for hydroxylation is 1. The van der Waals surface area contributed by atoms with Crippen LogP contribution in [0.5, 0.6) is 5.75 Å². The monoisotopic (exact) mass is 497 g/mol. The zero-order valence-electron chi connectivity index (χ0n) is 23.2. The summed E-state index contributed by atoms with van der Waals surface area (Å²) in [5, 5.41) is 21.3. The molecule has 1 aromatic rings. The van der Waals surface area contributed by atoms with E-state index in [0.717, 1.165) is 51.5 Å². The van der Waals surface area contributed by atoms with Crippen molar-refractivity contribution >= 4 is 5.91 Å². The van der Waals surface area contributed by atoms with Crippen LogP contribution in [-0.4, -0.2) is 40.7 Å². The fraction of sp³-hybridized carbons (Fsp3) is 0.781. The number of hydrogen-bond donors (Lipinski definition) is 2. The van der Waals surface area contributed by atoms with Gasteiger partial charge in [0.15, 0.2) is 0 Å². The number of carbonyl (C=O) groups is 1. The van der Waals surface area contributed by atoms with E-state index in [1.807, 2.05) is 24.1 Å². The predicted octanol–water partition coefficient (Wildman–Crippen LogP) is 7.21. The normalized spacial score (nSPS) is 30.9. The average molecular weight is 498 g/mol. The van der Waals surface area contributed by atoms with Gasteiger partial charge in [0.25, 0.3) is 0 Å². The Kier molecular flexibility index (Phi) is 9.41. The molecule has 4 rings (SSSR count). The molecule has 0 bridgehead atoms. The van der Waals surface area contributed by atoms with Crippen LogP contribution in [0.1, 0.15) is 121 Å². The molecule has 0 aliphatic heterocycles. The van der Waals surface area contributed by atoms with Crippen LogP contribution < -0.4 is 0 Å². The molecule has 0 saturated heterocycles. The Morgan fingerprint density at radius 3 is 2.61 bits per heavy atom. The third-order valence-electron chi connectivity index (χ3n) is 10.3. The number of nitrogens with zero attached hydrogens (tertiary/aromatic N) is 1. The molecule has 0 unspecified atom stereocenters. The quantitative estimate of drug-likeness (QED) is 0.300. The Labute approximate surface area is 219 Å². The van der Waals surface area contributed by atoms with Crippen LogP contribution >= 0.6 is 0 Å². The molecule has 0 aromatic heterocycles. The number of phenolic OH excluding ortho intramolecular Hbond substituents is 1. The molecule has 202 valence electrons. The number of aliphatic hydroxyl groups excluding tert-OH is 1. The lowest BCUT2D eigenvalue weighted by atomic mass is 9.55. The lowest BCUT2D eigenvalue weighted by Crippen LogP contribution is -2.44. The molecule has 2 N–H and O–H groups in total. The molecule has 0 radical (unpaired) electrons. The summed E-state index contributed by atoms with van der Waals surface area (Å²) in [6.07, 6.45) is 16.8. The summed E-state index contributed by atoms with van der Waals surface area (Å²) in [7, 11) is 1.94. The summed E-state index contributed by atoms with van der Waals surface area (Å²) in [5.74, 6) is 3.08. The summed E-state index contributed by atoms with van der Waals surface area (Å²) in [6.45, 7) is 5.44. The Morgan fingerprint density at radius 2 is 1.83 bits per heavy atom. The van der Waals surface area contributed by atoms with E-state index in [0.29, 0.717) is 41.7 Å². The predicted molar refractivity (Wildman–Crippen MR) is 147 cm³/mol. The van der Waals surface area contributed by atoms with E-state index in [4.69, 9.17) is 0 Å². The molecule has 1 aromatic carbocycles. The van der Waals surface area contributed by atoms with Crippen LogP contribution in [0.2, 0.25) is 0 Å². The molecule has 4 nitrogen and oxygen atoms in total. The first kappa shape index (κ1) is 27.5. The molecule has 0 heterocycles. The minimum atomic E-state index is -0.152. The maximum atomic E-state index is 12.1. The van der Waals surface area contributed by atoms with Gasteiger partial charge in [0.1, 0.15) is 5.75 Å². The number of aliphatic hydroxyl groups is 1. The second-order valence-electron chi connectivity index (χ2n) is 12.6.